The molecule has 0 saturated carbocycles. The maximum atomic E-state index is 10.6. The first-order valence-electron chi connectivity index (χ1n) is 4.83. The summed E-state index contributed by atoms with van der Waals surface area (Å²) in [5, 5.41) is 15.6. The molecule has 0 aliphatic rings. The highest BCUT2D eigenvalue weighted by molar-refractivity contribution is 7.09. The number of hydrogen-bond acceptors (Lipinski definition) is 6. The quantitative estimate of drug-likeness (QED) is 0.641. The molecule has 0 unspecified atom stereocenters. The summed E-state index contributed by atoms with van der Waals surface area (Å²) >= 11 is 1.60. The van der Waals surface area contributed by atoms with E-state index < -0.39 is 4.92 Å². The average molecular weight is 250 g/mol. The van der Waals surface area contributed by atoms with Crippen molar-refractivity contribution in [2.45, 2.75) is 6.54 Å². The standard InChI is InChI=1S/C10H10N4O2S/c11-9-4-7(14(15)16)5-10(13-9)12-6-8-2-1-3-17-8/h1-5H,6H2,(H3,11,12,13). The summed E-state index contributed by atoms with van der Waals surface area (Å²) in [5.41, 5.74) is 5.43. The number of pyridine rings is 1. The van der Waals surface area contributed by atoms with Crippen molar-refractivity contribution in [1.29, 1.82) is 0 Å². The number of aromatic nitrogens is 1. The summed E-state index contributed by atoms with van der Waals surface area (Å²) in [5.74, 6) is 0.540. The Labute approximate surface area is 101 Å². The van der Waals surface area contributed by atoms with Gasteiger partial charge >= 0.3 is 0 Å². The van der Waals surface area contributed by atoms with Crippen molar-refractivity contribution in [3.8, 4) is 0 Å². The fourth-order valence-corrected chi connectivity index (χ4v) is 1.97. The van der Waals surface area contributed by atoms with Gasteiger partial charge in [-0.1, -0.05) is 6.07 Å². The lowest BCUT2D eigenvalue weighted by molar-refractivity contribution is -0.384. The molecule has 2 aromatic rings. The van der Waals surface area contributed by atoms with Crippen LogP contribution >= 0.6 is 11.3 Å². The van der Waals surface area contributed by atoms with Crippen LogP contribution in [0.3, 0.4) is 0 Å². The Kier molecular flexibility index (Phi) is 3.20. The Balaban J connectivity index is 2.13. The first kappa shape index (κ1) is 11.3. The molecular formula is C10H10N4O2S. The summed E-state index contributed by atoms with van der Waals surface area (Å²) < 4.78 is 0. The van der Waals surface area contributed by atoms with Crippen molar-refractivity contribution in [1.82, 2.24) is 4.98 Å². The summed E-state index contributed by atoms with van der Waals surface area (Å²) in [6.07, 6.45) is 0. The third-order valence-corrected chi connectivity index (χ3v) is 2.94. The van der Waals surface area contributed by atoms with Gasteiger partial charge in [-0.2, -0.15) is 0 Å². The third kappa shape index (κ3) is 2.91. The van der Waals surface area contributed by atoms with E-state index in [1.165, 1.54) is 12.1 Å². The van der Waals surface area contributed by atoms with Gasteiger partial charge in [-0.05, 0) is 11.4 Å². The largest absolute Gasteiger partial charge is 0.383 e. The predicted molar refractivity (Wildman–Crippen MR) is 66.9 cm³/mol. The zero-order valence-corrected chi connectivity index (χ0v) is 9.61. The smallest absolute Gasteiger partial charge is 0.276 e. The zero-order valence-electron chi connectivity index (χ0n) is 8.79. The number of nitro groups is 1. The van der Waals surface area contributed by atoms with Crippen molar-refractivity contribution in [3.63, 3.8) is 0 Å². The Morgan fingerprint density at radius 3 is 3.00 bits per heavy atom. The van der Waals surface area contributed by atoms with Crippen LogP contribution in [0, 0.1) is 10.1 Å². The molecule has 0 fully saturated rings. The van der Waals surface area contributed by atoms with Crippen molar-refractivity contribution >= 4 is 28.7 Å². The molecule has 17 heavy (non-hydrogen) atoms. The number of nitrogen functional groups attached to an aromatic ring is 1. The summed E-state index contributed by atoms with van der Waals surface area (Å²) in [6, 6.07) is 6.51. The SMILES string of the molecule is Nc1cc([N+](=O)[O-])cc(NCc2cccs2)n1. The molecule has 3 N–H and O–H groups in total. The van der Waals surface area contributed by atoms with Crippen LogP contribution in [0.15, 0.2) is 29.6 Å². The van der Waals surface area contributed by atoms with Gasteiger partial charge in [0, 0.05) is 4.88 Å². The Bertz CT molecular complexity index is 527. The molecular weight excluding hydrogens is 240 g/mol. The highest BCUT2D eigenvalue weighted by Gasteiger charge is 2.09. The lowest BCUT2D eigenvalue weighted by atomic mass is 10.3. The van der Waals surface area contributed by atoms with E-state index >= 15 is 0 Å². The molecule has 0 radical (unpaired) electrons. The monoisotopic (exact) mass is 250 g/mol. The molecule has 0 amide bonds. The van der Waals surface area contributed by atoms with Gasteiger partial charge in [-0.25, -0.2) is 4.98 Å². The maximum absolute atomic E-state index is 10.6. The Hall–Kier alpha value is -2.15. The van der Waals surface area contributed by atoms with Gasteiger partial charge in [0.2, 0.25) is 0 Å². The molecule has 0 spiro atoms. The van der Waals surface area contributed by atoms with E-state index in [0.29, 0.717) is 12.4 Å². The second kappa shape index (κ2) is 4.79. The van der Waals surface area contributed by atoms with Crippen molar-refractivity contribution in [3.05, 3.63) is 44.6 Å². The Morgan fingerprint density at radius 1 is 1.53 bits per heavy atom. The fourth-order valence-electron chi connectivity index (χ4n) is 1.32. The van der Waals surface area contributed by atoms with Gasteiger partial charge in [-0.3, -0.25) is 10.1 Å². The molecule has 0 aromatic carbocycles. The molecule has 0 saturated heterocycles. The molecule has 2 aromatic heterocycles. The molecule has 7 heteroatoms. The van der Waals surface area contributed by atoms with E-state index in [9.17, 15) is 10.1 Å². The van der Waals surface area contributed by atoms with E-state index in [1.807, 2.05) is 17.5 Å². The van der Waals surface area contributed by atoms with Crippen LogP contribution in [0.1, 0.15) is 4.88 Å². The van der Waals surface area contributed by atoms with E-state index in [1.54, 1.807) is 11.3 Å². The molecule has 6 nitrogen and oxygen atoms in total. The van der Waals surface area contributed by atoms with Crippen LogP contribution in [0.2, 0.25) is 0 Å². The second-order valence-electron chi connectivity index (χ2n) is 3.33. The summed E-state index contributed by atoms with van der Waals surface area (Å²) in [4.78, 5) is 15.2. The van der Waals surface area contributed by atoms with Gasteiger partial charge < -0.3 is 11.1 Å². The van der Waals surface area contributed by atoms with Crippen molar-refractivity contribution in [2.24, 2.45) is 0 Å². The van der Waals surface area contributed by atoms with Crippen LogP contribution in [0.4, 0.5) is 17.3 Å². The minimum Gasteiger partial charge on any atom is -0.383 e. The topological polar surface area (TPSA) is 94.1 Å². The molecule has 0 bridgehead atoms. The van der Waals surface area contributed by atoms with Crippen LogP contribution in [-0.4, -0.2) is 9.91 Å². The van der Waals surface area contributed by atoms with Gasteiger partial charge in [-0.15, -0.1) is 11.3 Å². The first-order valence-corrected chi connectivity index (χ1v) is 5.71. The van der Waals surface area contributed by atoms with Gasteiger partial charge in [0.1, 0.15) is 11.6 Å². The minimum absolute atomic E-state index is 0.0637. The second-order valence-corrected chi connectivity index (χ2v) is 4.36. The number of thiophene rings is 1. The van der Waals surface area contributed by atoms with Gasteiger partial charge in [0.25, 0.3) is 5.69 Å². The third-order valence-electron chi connectivity index (χ3n) is 2.06. The Morgan fingerprint density at radius 2 is 2.35 bits per heavy atom. The number of nitrogens with two attached hydrogens (primary N) is 1. The van der Waals surface area contributed by atoms with E-state index in [4.69, 9.17) is 5.73 Å². The minimum atomic E-state index is -0.492. The summed E-state index contributed by atoms with van der Waals surface area (Å²) in [7, 11) is 0. The van der Waals surface area contributed by atoms with Crippen LogP contribution < -0.4 is 11.1 Å². The van der Waals surface area contributed by atoms with Crippen LogP contribution in [0.5, 0.6) is 0 Å². The van der Waals surface area contributed by atoms with Crippen LogP contribution in [-0.2, 0) is 6.54 Å². The molecule has 2 heterocycles. The summed E-state index contributed by atoms with van der Waals surface area (Å²) in [6.45, 7) is 0.575. The molecule has 0 atom stereocenters. The number of anilines is 2. The fraction of sp³-hybridized carbons (Fsp3) is 0.100. The highest BCUT2D eigenvalue weighted by atomic mass is 32.1. The van der Waals surface area contributed by atoms with E-state index in [0.717, 1.165) is 4.88 Å². The number of nitrogens with one attached hydrogen (secondary N) is 1. The predicted octanol–water partition coefficient (Wildman–Crippen LogP) is 2.25. The van der Waals surface area contributed by atoms with E-state index in [-0.39, 0.29) is 11.5 Å². The molecule has 0 aliphatic heterocycles. The van der Waals surface area contributed by atoms with Crippen molar-refractivity contribution in [2.75, 3.05) is 11.1 Å². The average Bonchev–Trinajstić information content (AvgIpc) is 2.78. The van der Waals surface area contributed by atoms with Crippen LogP contribution in [0.25, 0.3) is 0 Å². The first-order chi connectivity index (χ1) is 8.15. The van der Waals surface area contributed by atoms with Crippen molar-refractivity contribution < 1.29 is 4.92 Å². The number of rotatable bonds is 4. The number of hydrogen-bond donors (Lipinski definition) is 2. The number of nitrogens with zero attached hydrogens (tertiary/aromatic N) is 2. The lowest BCUT2D eigenvalue weighted by Gasteiger charge is -2.04. The highest BCUT2D eigenvalue weighted by Crippen LogP contribution is 2.19. The van der Waals surface area contributed by atoms with E-state index in [2.05, 4.69) is 10.3 Å². The molecule has 88 valence electrons. The van der Waals surface area contributed by atoms with Gasteiger partial charge in [0.15, 0.2) is 0 Å². The molecule has 0 aliphatic carbocycles. The lowest BCUT2D eigenvalue weighted by Crippen LogP contribution is -2.03. The normalized spacial score (nSPS) is 10.1. The maximum Gasteiger partial charge on any atom is 0.276 e. The molecule has 2 rings (SSSR count). The zero-order chi connectivity index (χ0) is 12.3. The van der Waals surface area contributed by atoms with Gasteiger partial charge in [0.05, 0.1) is 23.6 Å².